The number of halogens is 4. The number of aromatic nitrogens is 2. The molecule has 1 aromatic heterocycles. The number of hydrogen-bond donors (Lipinski definition) is 1. The zero-order chi connectivity index (χ0) is 15.5. The summed E-state index contributed by atoms with van der Waals surface area (Å²) >= 11 is 23.2. The van der Waals surface area contributed by atoms with Crippen LogP contribution in [0.2, 0.25) is 5.02 Å². The van der Waals surface area contributed by atoms with Gasteiger partial charge in [0, 0.05) is 5.02 Å². The van der Waals surface area contributed by atoms with Gasteiger partial charge in [0.2, 0.25) is 5.13 Å². The van der Waals surface area contributed by atoms with Crippen LogP contribution in [-0.4, -0.2) is 19.9 Å². The fourth-order valence-corrected chi connectivity index (χ4v) is 2.12. The van der Waals surface area contributed by atoms with Crippen molar-refractivity contribution in [1.82, 2.24) is 10.2 Å². The standard InChI is InChI=1S/C11H7Cl4N3O2S/c12-6-1-3-7(4-2-6)20-5-8-17-18-10(21-8)16-9(19)11(13,14)15/h1-4H,5H2,(H,16,18,19). The maximum absolute atomic E-state index is 11.4. The Kier molecular flexibility index (Phi) is 5.51. The van der Waals surface area contributed by atoms with E-state index in [9.17, 15) is 4.79 Å². The van der Waals surface area contributed by atoms with E-state index in [1.165, 1.54) is 0 Å². The molecule has 2 rings (SSSR count). The first-order valence-electron chi connectivity index (χ1n) is 5.43. The Labute approximate surface area is 144 Å². The predicted octanol–water partition coefficient (Wildman–Crippen LogP) is 4.08. The highest BCUT2D eigenvalue weighted by atomic mass is 35.6. The van der Waals surface area contributed by atoms with Crippen LogP contribution in [0, 0.1) is 0 Å². The van der Waals surface area contributed by atoms with Crippen molar-refractivity contribution in [2.24, 2.45) is 0 Å². The molecule has 0 aliphatic heterocycles. The highest BCUT2D eigenvalue weighted by Gasteiger charge is 2.31. The lowest BCUT2D eigenvalue weighted by molar-refractivity contribution is -0.115. The molecule has 0 saturated carbocycles. The Hall–Kier alpha value is -0.790. The van der Waals surface area contributed by atoms with Gasteiger partial charge in [-0.15, -0.1) is 10.2 Å². The van der Waals surface area contributed by atoms with Gasteiger partial charge in [-0.3, -0.25) is 10.1 Å². The molecule has 0 aliphatic carbocycles. The maximum Gasteiger partial charge on any atom is 0.278 e. The fourth-order valence-electron chi connectivity index (χ4n) is 1.21. The number of hydrogen-bond acceptors (Lipinski definition) is 5. The lowest BCUT2D eigenvalue weighted by Crippen LogP contribution is -2.26. The van der Waals surface area contributed by atoms with Crippen LogP contribution in [0.1, 0.15) is 5.01 Å². The number of alkyl halides is 3. The normalized spacial score (nSPS) is 11.2. The lowest BCUT2D eigenvalue weighted by Gasteiger charge is -2.08. The Morgan fingerprint density at radius 1 is 1.24 bits per heavy atom. The minimum absolute atomic E-state index is 0.197. The smallest absolute Gasteiger partial charge is 0.278 e. The number of ether oxygens (including phenoxy) is 1. The fraction of sp³-hybridized carbons (Fsp3) is 0.182. The van der Waals surface area contributed by atoms with E-state index < -0.39 is 9.70 Å². The van der Waals surface area contributed by atoms with Gasteiger partial charge in [0.15, 0.2) is 5.01 Å². The lowest BCUT2D eigenvalue weighted by atomic mass is 10.3. The highest BCUT2D eigenvalue weighted by molar-refractivity contribution is 7.15. The minimum atomic E-state index is -2.05. The Morgan fingerprint density at radius 2 is 1.90 bits per heavy atom. The summed E-state index contributed by atoms with van der Waals surface area (Å²) in [4.78, 5) is 11.4. The molecule has 112 valence electrons. The molecule has 0 aliphatic rings. The molecule has 0 fully saturated rings. The van der Waals surface area contributed by atoms with Crippen LogP contribution in [0.15, 0.2) is 24.3 Å². The van der Waals surface area contributed by atoms with Crippen molar-refractivity contribution in [2.75, 3.05) is 5.32 Å². The maximum atomic E-state index is 11.4. The second kappa shape index (κ2) is 6.98. The first-order chi connectivity index (χ1) is 9.84. The molecule has 0 bridgehead atoms. The molecule has 1 N–H and O–H groups in total. The minimum Gasteiger partial charge on any atom is -0.486 e. The largest absolute Gasteiger partial charge is 0.486 e. The molecule has 21 heavy (non-hydrogen) atoms. The van der Waals surface area contributed by atoms with Gasteiger partial charge in [-0.05, 0) is 24.3 Å². The zero-order valence-corrected chi connectivity index (χ0v) is 14.0. The molecule has 0 spiro atoms. The molecular formula is C11H7Cl4N3O2S. The Bertz CT molecular complexity index is 627. The first-order valence-corrected chi connectivity index (χ1v) is 7.76. The van der Waals surface area contributed by atoms with Crippen molar-refractivity contribution >= 4 is 68.8 Å². The number of anilines is 1. The van der Waals surface area contributed by atoms with E-state index in [0.29, 0.717) is 15.8 Å². The van der Waals surface area contributed by atoms with Gasteiger partial charge < -0.3 is 4.74 Å². The molecule has 0 saturated heterocycles. The third-order valence-electron chi connectivity index (χ3n) is 2.12. The number of rotatable bonds is 4. The van der Waals surface area contributed by atoms with E-state index in [4.69, 9.17) is 51.1 Å². The van der Waals surface area contributed by atoms with E-state index >= 15 is 0 Å². The Balaban J connectivity index is 1.91. The monoisotopic (exact) mass is 385 g/mol. The quantitative estimate of drug-likeness (QED) is 0.804. The number of benzene rings is 1. The average molecular weight is 387 g/mol. The summed E-state index contributed by atoms with van der Waals surface area (Å²) in [6.45, 7) is 0.197. The van der Waals surface area contributed by atoms with Crippen molar-refractivity contribution < 1.29 is 9.53 Å². The van der Waals surface area contributed by atoms with Gasteiger partial charge in [-0.25, -0.2) is 0 Å². The zero-order valence-electron chi connectivity index (χ0n) is 10.1. The van der Waals surface area contributed by atoms with E-state index in [0.717, 1.165) is 11.3 Å². The molecule has 0 radical (unpaired) electrons. The van der Waals surface area contributed by atoms with Crippen LogP contribution in [0.5, 0.6) is 5.75 Å². The van der Waals surface area contributed by atoms with Gasteiger partial charge in [-0.2, -0.15) is 0 Å². The summed E-state index contributed by atoms with van der Waals surface area (Å²) in [6, 6.07) is 6.89. The van der Waals surface area contributed by atoms with Crippen molar-refractivity contribution in [3.63, 3.8) is 0 Å². The van der Waals surface area contributed by atoms with Crippen LogP contribution in [0.25, 0.3) is 0 Å². The topological polar surface area (TPSA) is 64.1 Å². The summed E-state index contributed by atoms with van der Waals surface area (Å²) < 4.78 is 3.44. The molecule has 5 nitrogen and oxygen atoms in total. The van der Waals surface area contributed by atoms with Crippen molar-refractivity contribution in [3.05, 3.63) is 34.3 Å². The SMILES string of the molecule is O=C(Nc1nnc(COc2ccc(Cl)cc2)s1)C(Cl)(Cl)Cl. The van der Waals surface area contributed by atoms with Gasteiger partial charge in [0.25, 0.3) is 9.70 Å². The van der Waals surface area contributed by atoms with E-state index in [1.807, 2.05) is 0 Å². The highest BCUT2D eigenvalue weighted by Crippen LogP contribution is 2.28. The summed E-state index contributed by atoms with van der Waals surface area (Å²) in [5.74, 6) is -0.157. The average Bonchev–Trinajstić information content (AvgIpc) is 2.85. The van der Waals surface area contributed by atoms with Gasteiger partial charge in [0.05, 0.1) is 0 Å². The van der Waals surface area contributed by atoms with Crippen LogP contribution in [-0.2, 0) is 11.4 Å². The number of amides is 1. The molecule has 1 heterocycles. The van der Waals surface area contributed by atoms with Crippen LogP contribution < -0.4 is 10.1 Å². The molecule has 1 amide bonds. The van der Waals surface area contributed by atoms with Gasteiger partial charge >= 0.3 is 0 Å². The summed E-state index contributed by atoms with van der Waals surface area (Å²) in [5.41, 5.74) is 0. The molecule has 0 unspecified atom stereocenters. The second-order valence-electron chi connectivity index (χ2n) is 3.70. The van der Waals surface area contributed by atoms with E-state index in [2.05, 4.69) is 15.5 Å². The van der Waals surface area contributed by atoms with Gasteiger partial charge in [-0.1, -0.05) is 57.7 Å². The molecule has 1 aromatic carbocycles. The van der Waals surface area contributed by atoms with Crippen molar-refractivity contribution in [3.8, 4) is 5.75 Å². The predicted molar refractivity (Wildman–Crippen MR) is 84.6 cm³/mol. The molecular weight excluding hydrogens is 380 g/mol. The summed E-state index contributed by atoms with van der Waals surface area (Å²) in [5, 5.41) is 11.4. The van der Waals surface area contributed by atoms with Crippen molar-refractivity contribution in [1.29, 1.82) is 0 Å². The van der Waals surface area contributed by atoms with Gasteiger partial charge in [0.1, 0.15) is 12.4 Å². The number of carbonyl (C=O) groups excluding carboxylic acids is 1. The first kappa shape index (κ1) is 16.6. The van der Waals surface area contributed by atoms with Crippen LogP contribution >= 0.6 is 57.7 Å². The molecule has 0 atom stereocenters. The number of nitrogens with one attached hydrogen (secondary N) is 1. The number of nitrogens with zero attached hydrogens (tertiary/aromatic N) is 2. The third-order valence-corrected chi connectivity index (χ3v) is 3.70. The summed E-state index contributed by atoms with van der Waals surface area (Å²) in [7, 11) is 0. The van der Waals surface area contributed by atoms with Crippen LogP contribution in [0.3, 0.4) is 0 Å². The van der Waals surface area contributed by atoms with Crippen molar-refractivity contribution in [2.45, 2.75) is 10.4 Å². The Morgan fingerprint density at radius 3 is 2.52 bits per heavy atom. The number of carbonyl (C=O) groups is 1. The van der Waals surface area contributed by atoms with Crippen LogP contribution in [0.4, 0.5) is 5.13 Å². The van der Waals surface area contributed by atoms with E-state index in [1.54, 1.807) is 24.3 Å². The second-order valence-corrected chi connectivity index (χ2v) is 7.48. The third kappa shape index (κ3) is 5.16. The molecule has 10 heteroatoms. The van der Waals surface area contributed by atoms with E-state index in [-0.39, 0.29) is 11.7 Å². The summed E-state index contributed by atoms with van der Waals surface area (Å²) in [6.07, 6.45) is 0. The molecule has 2 aromatic rings.